The Balaban J connectivity index is 0. The van der Waals surface area contributed by atoms with Crippen molar-refractivity contribution in [2.75, 3.05) is 0 Å². The number of hydrogen-bond donors (Lipinski definition) is 0. The van der Waals surface area contributed by atoms with Crippen LogP contribution in [0.15, 0.2) is 12.3 Å². The summed E-state index contributed by atoms with van der Waals surface area (Å²) in [6, 6.07) is 0. The van der Waals surface area contributed by atoms with Gasteiger partial charge in [0.25, 0.3) is 0 Å². The Labute approximate surface area is 39.9 Å². The van der Waals surface area contributed by atoms with E-state index in [1.165, 1.54) is 0 Å². The molecule has 0 rings (SSSR count). The van der Waals surface area contributed by atoms with Gasteiger partial charge in [0.1, 0.15) is 0 Å². The minimum Gasteiger partial charge on any atom is -0.269 e. The fourth-order valence-electron chi connectivity index (χ4n) is 0. The van der Waals surface area contributed by atoms with E-state index < -0.39 is 0 Å². The molecule has 0 saturated carbocycles. The first-order valence-electron chi connectivity index (χ1n) is 1.90. The average Bonchev–Trinajstić information content (AvgIpc) is 1.38. The largest absolute Gasteiger partial charge is 0.269 e. The molecule has 0 unspecified atom stereocenters. The molecule has 0 aliphatic rings. The zero-order valence-electron chi connectivity index (χ0n) is 4.27. The lowest BCUT2D eigenvalue weighted by molar-refractivity contribution is 1.11. The van der Waals surface area contributed by atoms with Gasteiger partial charge in [0, 0.05) is 0 Å². The van der Waals surface area contributed by atoms with E-state index in [0.717, 1.165) is 0 Å². The van der Waals surface area contributed by atoms with Crippen LogP contribution in [0, 0.1) is 0 Å². The van der Waals surface area contributed by atoms with Crippen LogP contribution in [0.1, 0.15) is 0 Å². The van der Waals surface area contributed by atoms with Crippen LogP contribution in [0.25, 0.3) is 0 Å². The van der Waals surface area contributed by atoms with Crippen molar-refractivity contribution in [2.24, 2.45) is 0 Å². The molecule has 0 heterocycles. The second kappa shape index (κ2) is 4.89. The Morgan fingerprint density at radius 2 is 1.67 bits per heavy atom. The summed E-state index contributed by atoms with van der Waals surface area (Å²) in [5.74, 6) is 0. The molecule has 0 N–H and O–H groups in total. The predicted molar refractivity (Wildman–Crippen MR) is 31.6 cm³/mol. The van der Waals surface area contributed by atoms with Gasteiger partial charge >= 0.3 is 0 Å². The van der Waals surface area contributed by atoms with Gasteiger partial charge in [-0.15, -0.1) is 12.3 Å². The van der Waals surface area contributed by atoms with Crippen molar-refractivity contribution in [1.29, 1.82) is 0 Å². The number of hydrogen-bond acceptors (Lipinski definition) is 0. The van der Waals surface area contributed by atoms with Crippen LogP contribution >= 0.6 is 0 Å². The van der Waals surface area contributed by atoms with Crippen LogP contribution in [-0.4, -0.2) is 8.80 Å². The van der Waals surface area contributed by atoms with Crippen molar-refractivity contribution >= 4 is 8.80 Å². The zero-order valence-corrected chi connectivity index (χ0v) is 5.42. The van der Waals surface area contributed by atoms with Crippen molar-refractivity contribution in [3.05, 3.63) is 12.3 Å². The van der Waals surface area contributed by atoms with Gasteiger partial charge in [0.05, 0.1) is 8.80 Å². The van der Waals surface area contributed by atoms with Gasteiger partial charge in [-0.25, -0.2) is 0 Å². The third-order valence-electron chi connectivity index (χ3n) is 0.471. The van der Waals surface area contributed by atoms with Crippen molar-refractivity contribution in [3.8, 4) is 0 Å². The van der Waals surface area contributed by atoms with Crippen molar-refractivity contribution in [3.63, 3.8) is 0 Å². The summed E-state index contributed by atoms with van der Waals surface area (Å²) >= 11 is 0. The third kappa shape index (κ3) is 9.10. The third-order valence-corrected chi connectivity index (χ3v) is 1.41. The number of halogens is 1. The standard InChI is InChI=1S/C4H10Si.FH/c1-4-5(2)3;/h4-5H,1H2,2-3H3;1H. The van der Waals surface area contributed by atoms with Crippen LogP contribution in [0.3, 0.4) is 0 Å². The molecule has 0 radical (unpaired) electrons. The van der Waals surface area contributed by atoms with Gasteiger partial charge in [0.15, 0.2) is 0 Å². The molecule has 0 spiro atoms. The van der Waals surface area contributed by atoms with E-state index in [-0.39, 0.29) is 13.5 Å². The van der Waals surface area contributed by atoms with Gasteiger partial charge in [0.2, 0.25) is 0 Å². The first kappa shape index (κ1) is 9.31. The molecule has 0 aliphatic carbocycles. The molecule has 2 heteroatoms. The fraction of sp³-hybridized carbons (Fsp3) is 0.500. The molecule has 0 aromatic rings. The Kier molecular flexibility index (Phi) is 7.58. The first-order valence-corrected chi connectivity index (χ1v) is 4.87. The average molecular weight is 106 g/mol. The van der Waals surface area contributed by atoms with Gasteiger partial charge < -0.3 is 0 Å². The highest BCUT2D eigenvalue weighted by atomic mass is 28.3. The molecule has 0 saturated heterocycles. The van der Waals surface area contributed by atoms with Gasteiger partial charge in [-0.3, -0.25) is 4.70 Å². The molecule has 0 aliphatic heterocycles. The second-order valence-electron chi connectivity index (χ2n) is 1.48. The molecule has 0 atom stereocenters. The van der Waals surface area contributed by atoms with Crippen LogP contribution in [0.2, 0.25) is 13.1 Å². The van der Waals surface area contributed by atoms with E-state index >= 15 is 0 Å². The molecule has 6 heavy (non-hydrogen) atoms. The maximum absolute atomic E-state index is 3.62. The summed E-state index contributed by atoms with van der Waals surface area (Å²) in [6.45, 7) is 8.11. The maximum Gasteiger partial charge on any atom is 0.0546 e. The smallest absolute Gasteiger partial charge is 0.0546 e. The van der Waals surface area contributed by atoms with E-state index in [1.807, 2.05) is 0 Å². The van der Waals surface area contributed by atoms with Crippen LogP contribution in [0.4, 0.5) is 4.70 Å². The minimum absolute atomic E-state index is 0. The van der Waals surface area contributed by atoms with Crippen LogP contribution in [-0.2, 0) is 0 Å². The Hall–Kier alpha value is -0.113. The molecule has 0 nitrogen and oxygen atoms in total. The zero-order chi connectivity index (χ0) is 4.28. The summed E-state index contributed by atoms with van der Waals surface area (Å²) < 4.78 is 0. The predicted octanol–water partition coefficient (Wildman–Crippen LogP) is 1.35. The van der Waals surface area contributed by atoms with E-state index in [2.05, 4.69) is 25.4 Å². The van der Waals surface area contributed by atoms with Crippen LogP contribution in [0.5, 0.6) is 0 Å². The fourth-order valence-corrected chi connectivity index (χ4v) is 0. The van der Waals surface area contributed by atoms with Crippen molar-refractivity contribution < 1.29 is 4.70 Å². The van der Waals surface area contributed by atoms with E-state index in [1.54, 1.807) is 0 Å². The first-order chi connectivity index (χ1) is 2.27. The van der Waals surface area contributed by atoms with Gasteiger partial charge in [-0.1, -0.05) is 13.1 Å². The molecule has 38 valence electrons. The lowest BCUT2D eigenvalue weighted by Gasteiger charge is -1.81. The second-order valence-corrected chi connectivity index (χ2v) is 4.44. The molecule has 0 bridgehead atoms. The van der Waals surface area contributed by atoms with E-state index in [0.29, 0.717) is 0 Å². The molecule has 0 amide bonds. The normalized spacial score (nSPS) is 7.17. The van der Waals surface area contributed by atoms with E-state index in [4.69, 9.17) is 0 Å². The van der Waals surface area contributed by atoms with Gasteiger partial charge in [-0.05, 0) is 0 Å². The Bertz CT molecular complexity index is 34.5. The topological polar surface area (TPSA) is 0 Å². The van der Waals surface area contributed by atoms with Crippen LogP contribution < -0.4 is 0 Å². The Morgan fingerprint density at radius 3 is 1.67 bits per heavy atom. The summed E-state index contributed by atoms with van der Waals surface area (Å²) in [4.78, 5) is 0. The molecule has 0 fully saturated rings. The lowest BCUT2D eigenvalue weighted by atomic mass is 11.3. The summed E-state index contributed by atoms with van der Waals surface area (Å²) in [5, 5.41) is 0. The summed E-state index contributed by atoms with van der Waals surface area (Å²) in [6.07, 6.45) is 0. The van der Waals surface area contributed by atoms with Crippen molar-refractivity contribution in [1.82, 2.24) is 0 Å². The SMILES string of the molecule is C=C[SiH](C)C.F. The van der Waals surface area contributed by atoms with Gasteiger partial charge in [-0.2, -0.15) is 0 Å². The maximum atomic E-state index is 3.62. The molecule has 0 aromatic carbocycles. The summed E-state index contributed by atoms with van der Waals surface area (Å²) in [7, 11) is -0.386. The molecular weight excluding hydrogens is 95.1 g/mol. The molecule has 0 aromatic heterocycles. The minimum atomic E-state index is -0.386. The Morgan fingerprint density at radius 1 is 1.50 bits per heavy atom. The molecular formula is C4H11FSi. The van der Waals surface area contributed by atoms with Crippen molar-refractivity contribution in [2.45, 2.75) is 13.1 Å². The highest BCUT2D eigenvalue weighted by molar-refractivity contribution is 6.61. The lowest BCUT2D eigenvalue weighted by Crippen LogP contribution is -1.89. The highest BCUT2D eigenvalue weighted by Crippen LogP contribution is 1.73. The summed E-state index contributed by atoms with van der Waals surface area (Å²) in [5.41, 5.74) is 2.06. The number of rotatable bonds is 1. The monoisotopic (exact) mass is 106 g/mol. The highest BCUT2D eigenvalue weighted by Gasteiger charge is 1.77. The van der Waals surface area contributed by atoms with E-state index in [9.17, 15) is 0 Å². The quantitative estimate of drug-likeness (QED) is 0.443.